The fourth-order valence-corrected chi connectivity index (χ4v) is 0.843. The van der Waals surface area contributed by atoms with Crippen molar-refractivity contribution >= 4 is 5.78 Å². The van der Waals surface area contributed by atoms with Crippen LogP contribution in [0.5, 0.6) is 0 Å². The molecule has 0 saturated carbocycles. The summed E-state index contributed by atoms with van der Waals surface area (Å²) in [5, 5.41) is 0. The van der Waals surface area contributed by atoms with Crippen LogP contribution in [-0.4, -0.2) is 32.7 Å². The lowest BCUT2D eigenvalue weighted by Crippen LogP contribution is -2.13. The first kappa shape index (κ1) is 11.6. The van der Waals surface area contributed by atoms with Gasteiger partial charge in [0, 0.05) is 13.5 Å². The van der Waals surface area contributed by atoms with Crippen molar-refractivity contribution in [3.63, 3.8) is 0 Å². The minimum Gasteiger partial charge on any atom is -0.382 e. The molecule has 0 aromatic carbocycles. The van der Waals surface area contributed by atoms with Crippen molar-refractivity contribution in [2.24, 2.45) is 5.92 Å². The van der Waals surface area contributed by atoms with Gasteiger partial charge in [0.15, 0.2) is 5.78 Å². The summed E-state index contributed by atoms with van der Waals surface area (Å²) in [5.74, 6) is 0.588. The first-order valence-corrected chi connectivity index (χ1v) is 4.25. The van der Waals surface area contributed by atoms with Crippen molar-refractivity contribution in [2.75, 3.05) is 26.9 Å². The summed E-state index contributed by atoms with van der Waals surface area (Å²) >= 11 is 0. The fourth-order valence-electron chi connectivity index (χ4n) is 0.843. The Bertz CT molecular complexity index is 121. The minimum atomic E-state index is 0.168. The molecule has 0 radical (unpaired) electrons. The molecule has 3 nitrogen and oxygen atoms in total. The molecule has 0 rings (SSSR count). The number of ether oxygens (including phenoxy) is 2. The number of Topliss-reactive ketones (excluding diaryl/α,β-unsaturated/α-hetero) is 1. The van der Waals surface area contributed by atoms with Crippen LogP contribution in [0.3, 0.4) is 0 Å². The number of methoxy groups -OCH3 is 1. The normalized spacial score (nSPS) is 10.7. The summed E-state index contributed by atoms with van der Waals surface area (Å²) in [6.07, 6.45) is 0.604. The van der Waals surface area contributed by atoms with E-state index in [1.54, 1.807) is 7.11 Å². The molecule has 72 valence electrons. The molecule has 0 aliphatic rings. The molecule has 0 saturated heterocycles. The highest BCUT2D eigenvalue weighted by molar-refractivity contribution is 5.79. The lowest BCUT2D eigenvalue weighted by Gasteiger charge is -2.04. The first-order chi connectivity index (χ1) is 5.66. The molecule has 0 aliphatic heterocycles. The van der Waals surface area contributed by atoms with Gasteiger partial charge >= 0.3 is 0 Å². The van der Waals surface area contributed by atoms with E-state index >= 15 is 0 Å². The van der Waals surface area contributed by atoms with E-state index in [0.29, 0.717) is 25.6 Å². The molecule has 0 amide bonds. The SMILES string of the molecule is COCCOCC(=O)CC(C)C. The van der Waals surface area contributed by atoms with E-state index < -0.39 is 0 Å². The van der Waals surface area contributed by atoms with Crippen LogP contribution in [0, 0.1) is 5.92 Å². The second-order valence-electron chi connectivity index (χ2n) is 3.18. The van der Waals surface area contributed by atoms with E-state index in [2.05, 4.69) is 0 Å². The van der Waals surface area contributed by atoms with Crippen LogP contribution < -0.4 is 0 Å². The van der Waals surface area contributed by atoms with Crippen LogP contribution in [0.1, 0.15) is 20.3 Å². The molecule has 0 spiro atoms. The largest absolute Gasteiger partial charge is 0.382 e. The Hall–Kier alpha value is -0.410. The van der Waals surface area contributed by atoms with Gasteiger partial charge < -0.3 is 9.47 Å². The predicted octanol–water partition coefficient (Wildman–Crippen LogP) is 1.26. The maximum Gasteiger partial charge on any atom is 0.158 e. The molecule has 0 unspecified atom stereocenters. The second kappa shape index (κ2) is 7.25. The van der Waals surface area contributed by atoms with Crippen molar-refractivity contribution in [2.45, 2.75) is 20.3 Å². The molecular weight excluding hydrogens is 156 g/mol. The van der Waals surface area contributed by atoms with Gasteiger partial charge in [0.05, 0.1) is 13.2 Å². The van der Waals surface area contributed by atoms with Crippen molar-refractivity contribution in [1.82, 2.24) is 0 Å². The highest BCUT2D eigenvalue weighted by Crippen LogP contribution is 1.99. The summed E-state index contributed by atoms with van der Waals surface area (Å²) in [4.78, 5) is 11.1. The third-order valence-corrected chi connectivity index (χ3v) is 1.33. The predicted molar refractivity (Wildman–Crippen MR) is 47.2 cm³/mol. The molecule has 0 aromatic rings. The van der Waals surface area contributed by atoms with Gasteiger partial charge in [-0.15, -0.1) is 0 Å². The van der Waals surface area contributed by atoms with E-state index in [1.807, 2.05) is 13.8 Å². The summed E-state index contributed by atoms with van der Waals surface area (Å²) in [5.41, 5.74) is 0. The summed E-state index contributed by atoms with van der Waals surface area (Å²) in [6, 6.07) is 0. The Morgan fingerprint density at radius 3 is 2.50 bits per heavy atom. The number of hydrogen-bond acceptors (Lipinski definition) is 3. The standard InChI is InChI=1S/C9H18O3/c1-8(2)6-9(10)7-12-5-4-11-3/h8H,4-7H2,1-3H3. The first-order valence-electron chi connectivity index (χ1n) is 4.25. The van der Waals surface area contributed by atoms with Crippen LogP contribution in [0.2, 0.25) is 0 Å². The topological polar surface area (TPSA) is 35.5 Å². The summed E-state index contributed by atoms with van der Waals surface area (Å²) in [6.45, 7) is 5.32. The van der Waals surface area contributed by atoms with Crippen molar-refractivity contribution in [1.29, 1.82) is 0 Å². The lowest BCUT2D eigenvalue weighted by molar-refractivity contribution is -0.124. The highest BCUT2D eigenvalue weighted by Gasteiger charge is 2.04. The van der Waals surface area contributed by atoms with E-state index in [1.165, 1.54) is 0 Å². The van der Waals surface area contributed by atoms with Crippen molar-refractivity contribution in [3.05, 3.63) is 0 Å². The van der Waals surface area contributed by atoms with Crippen LogP contribution in [0.15, 0.2) is 0 Å². The van der Waals surface area contributed by atoms with Gasteiger partial charge in [-0.25, -0.2) is 0 Å². The molecule has 0 bridgehead atoms. The average Bonchev–Trinajstić information content (AvgIpc) is 1.97. The van der Waals surface area contributed by atoms with Gasteiger partial charge in [-0.2, -0.15) is 0 Å². The number of ketones is 1. The molecule has 0 atom stereocenters. The zero-order chi connectivity index (χ0) is 9.40. The van der Waals surface area contributed by atoms with Gasteiger partial charge in [0.1, 0.15) is 6.61 Å². The minimum absolute atomic E-state index is 0.168. The molecule has 0 aromatic heterocycles. The zero-order valence-electron chi connectivity index (χ0n) is 8.13. The van der Waals surface area contributed by atoms with Crippen LogP contribution in [0.4, 0.5) is 0 Å². The zero-order valence-corrected chi connectivity index (χ0v) is 8.13. The fraction of sp³-hybridized carbons (Fsp3) is 0.889. The molecule has 0 fully saturated rings. The van der Waals surface area contributed by atoms with E-state index in [9.17, 15) is 4.79 Å². The van der Waals surface area contributed by atoms with Crippen LogP contribution in [-0.2, 0) is 14.3 Å². The van der Waals surface area contributed by atoms with Crippen molar-refractivity contribution < 1.29 is 14.3 Å². The van der Waals surface area contributed by atoms with Gasteiger partial charge in [-0.1, -0.05) is 13.8 Å². The molecule has 0 heterocycles. The van der Waals surface area contributed by atoms with Gasteiger partial charge in [-0.3, -0.25) is 4.79 Å². The maximum absolute atomic E-state index is 11.1. The summed E-state index contributed by atoms with van der Waals surface area (Å²) in [7, 11) is 1.61. The quantitative estimate of drug-likeness (QED) is 0.545. The van der Waals surface area contributed by atoms with Crippen molar-refractivity contribution in [3.8, 4) is 0 Å². The second-order valence-corrected chi connectivity index (χ2v) is 3.18. The highest BCUT2D eigenvalue weighted by atomic mass is 16.5. The van der Waals surface area contributed by atoms with Gasteiger partial charge in [0.2, 0.25) is 0 Å². The van der Waals surface area contributed by atoms with Crippen LogP contribution >= 0.6 is 0 Å². The third kappa shape index (κ3) is 7.69. The number of rotatable bonds is 7. The number of carbonyl (C=O) groups excluding carboxylic acids is 1. The Labute approximate surface area is 74.0 Å². The molecule has 0 N–H and O–H groups in total. The molecule has 3 heteroatoms. The number of hydrogen-bond donors (Lipinski definition) is 0. The Morgan fingerprint density at radius 2 is 2.00 bits per heavy atom. The van der Waals surface area contributed by atoms with E-state index in [0.717, 1.165) is 0 Å². The van der Waals surface area contributed by atoms with Crippen LogP contribution in [0.25, 0.3) is 0 Å². The monoisotopic (exact) mass is 174 g/mol. The molecule has 0 aliphatic carbocycles. The average molecular weight is 174 g/mol. The summed E-state index contributed by atoms with van der Waals surface area (Å²) < 4.78 is 9.83. The number of carbonyl (C=O) groups is 1. The lowest BCUT2D eigenvalue weighted by atomic mass is 10.1. The Morgan fingerprint density at radius 1 is 1.33 bits per heavy atom. The van der Waals surface area contributed by atoms with E-state index in [4.69, 9.17) is 9.47 Å². The molecular formula is C9H18O3. The van der Waals surface area contributed by atoms with E-state index in [-0.39, 0.29) is 12.4 Å². The Kier molecular flexibility index (Phi) is 7.00. The third-order valence-electron chi connectivity index (χ3n) is 1.33. The molecule has 12 heavy (non-hydrogen) atoms. The Balaban J connectivity index is 3.20. The smallest absolute Gasteiger partial charge is 0.158 e. The van der Waals surface area contributed by atoms with Gasteiger partial charge in [-0.05, 0) is 5.92 Å². The maximum atomic E-state index is 11.1. The van der Waals surface area contributed by atoms with Gasteiger partial charge in [0.25, 0.3) is 0 Å².